The Bertz CT molecular complexity index is 1320. The number of piperazine rings is 1. The highest BCUT2D eigenvalue weighted by molar-refractivity contribution is 6.30. The van der Waals surface area contributed by atoms with Crippen molar-refractivity contribution in [2.24, 2.45) is 0 Å². The fraction of sp³-hybridized carbons (Fsp3) is 0.481. The lowest BCUT2D eigenvalue weighted by Gasteiger charge is -2.43. The second-order valence-electron chi connectivity index (χ2n) is 10.7. The highest BCUT2D eigenvalue weighted by Gasteiger charge is 2.40. The number of nitrogens with one attached hydrogen (secondary N) is 1. The van der Waals surface area contributed by atoms with Crippen molar-refractivity contribution in [2.45, 2.75) is 44.9 Å². The van der Waals surface area contributed by atoms with Gasteiger partial charge in [0, 0.05) is 49.4 Å². The first kappa shape index (κ1) is 29.4. The molecule has 2 aromatic heterocycles. The zero-order chi connectivity index (χ0) is 29.0. The van der Waals surface area contributed by atoms with Crippen LogP contribution in [0.25, 0.3) is 11.0 Å². The lowest BCUT2D eigenvalue weighted by molar-refractivity contribution is -0.138. The van der Waals surface area contributed by atoms with Crippen LogP contribution in [0.5, 0.6) is 5.88 Å². The van der Waals surface area contributed by atoms with Gasteiger partial charge in [-0.15, -0.1) is 5.10 Å². The quantitative estimate of drug-likeness (QED) is 0.301. The fourth-order valence-corrected chi connectivity index (χ4v) is 5.03. The molecule has 0 radical (unpaired) electrons. The molecule has 0 aliphatic carbocycles. The minimum Gasteiger partial charge on any atom is -0.473 e. The number of hydrogen-bond donors (Lipinski definition) is 4. The number of fused-ring (bicyclic) bond motifs is 1. The predicted molar refractivity (Wildman–Crippen MR) is 150 cm³/mol. The Morgan fingerprint density at radius 1 is 1.15 bits per heavy atom. The molecule has 0 saturated carbocycles. The molecule has 1 aliphatic rings. The molecule has 1 aromatic carbocycles. The molecule has 4 rings (SSSR count). The van der Waals surface area contributed by atoms with Gasteiger partial charge in [-0.1, -0.05) is 23.7 Å². The molecule has 2 amide bonds. The molecule has 0 spiro atoms. The van der Waals surface area contributed by atoms with Crippen molar-refractivity contribution in [3.63, 3.8) is 0 Å². The first-order valence-electron chi connectivity index (χ1n) is 13.0. The minimum atomic E-state index is -1.16. The third kappa shape index (κ3) is 6.57. The van der Waals surface area contributed by atoms with E-state index in [2.05, 4.69) is 20.1 Å². The van der Waals surface area contributed by atoms with Crippen molar-refractivity contribution in [2.75, 3.05) is 44.3 Å². The van der Waals surface area contributed by atoms with E-state index in [9.17, 15) is 19.8 Å². The van der Waals surface area contributed by atoms with Gasteiger partial charge in [-0.2, -0.15) is 0 Å². The first-order valence-corrected chi connectivity index (χ1v) is 13.4. The Labute approximate surface area is 237 Å². The highest BCUT2D eigenvalue weighted by Crippen LogP contribution is 2.33. The lowest BCUT2D eigenvalue weighted by atomic mass is 9.97. The Morgan fingerprint density at radius 2 is 1.82 bits per heavy atom. The monoisotopic (exact) mass is 574 g/mol. The molecule has 1 aliphatic heterocycles. The summed E-state index contributed by atoms with van der Waals surface area (Å²) in [5, 5.41) is 37.1. The number of hydrogen-bond acceptors (Lipinski definition) is 8. The fourth-order valence-electron chi connectivity index (χ4n) is 4.90. The number of carbonyl (C=O) groups is 2. The van der Waals surface area contributed by atoms with Crippen molar-refractivity contribution in [1.82, 2.24) is 25.0 Å². The Kier molecular flexibility index (Phi) is 9.02. The smallest absolute Gasteiger partial charge is 0.408 e. The van der Waals surface area contributed by atoms with E-state index in [-0.39, 0.29) is 24.8 Å². The average Bonchev–Trinajstić information content (AvgIpc) is 3.34. The molecule has 3 heterocycles. The number of aliphatic hydroxyl groups excluding tert-OH is 2. The van der Waals surface area contributed by atoms with Gasteiger partial charge in [0.2, 0.25) is 11.8 Å². The van der Waals surface area contributed by atoms with Gasteiger partial charge in [0.25, 0.3) is 0 Å². The number of benzene rings is 1. The molecule has 0 bridgehead atoms. The maximum absolute atomic E-state index is 13.9. The van der Waals surface area contributed by atoms with E-state index < -0.39 is 30.4 Å². The van der Waals surface area contributed by atoms with Gasteiger partial charge in [-0.3, -0.25) is 14.8 Å². The number of ether oxygens (including phenoxy) is 1. The van der Waals surface area contributed by atoms with Crippen LogP contribution in [0.3, 0.4) is 0 Å². The van der Waals surface area contributed by atoms with Crippen molar-refractivity contribution in [3.8, 4) is 5.88 Å². The molecule has 1 unspecified atom stereocenters. The molecule has 1 fully saturated rings. The molecule has 2 atom stereocenters. The number of halogens is 1. The number of H-pyrrole nitrogens is 1. The molecule has 4 N–H and O–H groups in total. The third-order valence-corrected chi connectivity index (χ3v) is 7.08. The average molecular weight is 575 g/mol. The number of aromatic amines is 1. The summed E-state index contributed by atoms with van der Waals surface area (Å²) in [5.41, 5.74) is 1.33. The van der Waals surface area contributed by atoms with Crippen molar-refractivity contribution >= 4 is 40.3 Å². The predicted octanol–water partition coefficient (Wildman–Crippen LogP) is 2.38. The normalized spacial score (nSPS) is 15.7. The third-order valence-electron chi connectivity index (χ3n) is 6.83. The second kappa shape index (κ2) is 12.3. The summed E-state index contributed by atoms with van der Waals surface area (Å²) in [5.74, 6) is 0.00605. The van der Waals surface area contributed by atoms with Crippen LogP contribution in [0.4, 0.5) is 10.5 Å². The van der Waals surface area contributed by atoms with E-state index in [1.165, 1.54) is 4.90 Å². The summed E-state index contributed by atoms with van der Waals surface area (Å²) in [4.78, 5) is 35.6. The van der Waals surface area contributed by atoms with Gasteiger partial charge in [0.15, 0.2) is 5.65 Å². The second-order valence-corrected chi connectivity index (χ2v) is 11.1. The molecule has 40 heavy (non-hydrogen) atoms. The molecular weight excluding hydrogens is 540 g/mol. The van der Waals surface area contributed by atoms with Crippen LogP contribution in [0.15, 0.2) is 36.5 Å². The number of carboxylic acid groups (broad SMARTS) is 1. The number of carbonyl (C=O) groups excluding carboxylic acids is 1. The molecular formula is C27H35ClN6O6. The maximum atomic E-state index is 13.9. The summed E-state index contributed by atoms with van der Waals surface area (Å²) in [6.07, 6.45) is -0.326. The number of aliphatic hydroxyl groups is 2. The zero-order valence-corrected chi connectivity index (χ0v) is 23.5. The van der Waals surface area contributed by atoms with Crippen LogP contribution in [0.2, 0.25) is 5.02 Å². The van der Waals surface area contributed by atoms with Crippen molar-refractivity contribution in [1.29, 1.82) is 0 Å². The number of amides is 2. The highest BCUT2D eigenvalue weighted by atomic mass is 35.5. The Balaban J connectivity index is 1.54. The van der Waals surface area contributed by atoms with Crippen molar-refractivity contribution in [3.05, 3.63) is 47.1 Å². The topological polar surface area (TPSA) is 155 Å². The number of rotatable bonds is 9. The van der Waals surface area contributed by atoms with E-state index in [1.54, 1.807) is 44.0 Å². The SMILES string of the molecule is CC(C)(C)N(C(=O)O)[C@H](Cc1ccc(Cl)cc1)C(=O)N1CCN(c2ccnc3[nH]nc(OCC(O)CO)c23)CC1. The summed E-state index contributed by atoms with van der Waals surface area (Å²) in [7, 11) is 0. The summed E-state index contributed by atoms with van der Waals surface area (Å²) in [6, 6.07) is 7.99. The van der Waals surface area contributed by atoms with Gasteiger partial charge in [0.05, 0.1) is 12.3 Å². The van der Waals surface area contributed by atoms with Gasteiger partial charge in [-0.25, -0.2) is 9.78 Å². The van der Waals surface area contributed by atoms with E-state index in [1.807, 2.05) is 18.2 Å². The number of anilines is 1. The summed E-state index contributed by atoms with van der Waals surface area (Å²) < 4.78 is 5.63. The largest absolute Gasteiger partial charge is 0.473 e. The number of pyridine rings is 1. The van der Waals surface area contributed by atoms with Crippen LogP contribution in [0.1, 0.15) is 26.3 Å². The standard InChI is InChI=1S/C27H35ClN6O6/c1-27(2,3)34(26(38)39)21(14-17-4-6-18(28)7-5-17)25(37)33-12-10-32(11-13-33)20-8-9-29-23-22(20)24(31-30-23)40-16-19(36)15-35/h4-9,19,21,35-36H,10-16H2,1-3H3,(H,38,39)(H,29,30,31)/t19?,21-/m1/s1. The van der Waals surface area contributed by atoms with E-state index in [4.69, 9.17) is 21.4 Å². The van der Waals surface area contributed by atoms with E-state index >= 15 is 0 Å². The van der Waals surface area contributed by atoms with Crippen LogP contribution < -0.4 is 9.64 Å². The zero-order valence-electron chi connectivity index (χ0n) is 22.7. The molecule has 1 saturated heterocycles. The summed E-state index contributed by atoms with van der Waals surface area (Å²) in [6.45, 7) is 6.52. The van der Waals surface area contributed by atoms with Crippen LogP contribution in [-0.2, 0) is 11.2 Å². The van der Waals surface area contributed by atoms with Gasteiger partial charge in [0.1, 0.15) is 24.1 Å². The summed E-state index contributed by atoms with van der Waals surface area (Å²) >= 11 is 6.04. The molecule has 13 heteroatoms. The van der Waals surface area contributed by atoms with Crippen LogP contribution in [0, 0.1) is 0 Å². The van der Waals surface area contributed by atoms with Gasteiger partial charge >= 0.3 is 6.09 Å². The number of nitrogens with zero attached hydrogens (tertiary/aromatic N) is 5. The Hall–Kier alpha value is -3.61. The van der Waals surface area contributed by atoms with E-state index in [0.717, 1.165) is 11.3 Å². The van der Waals surface area contributed by atoms with E-state index in [0.29, 0.717) is 42.2 Å². The molecule has 216 valence electrons. The molecule has 3 aromatic rings. The first-order chi connectivity index (χ1) is 19.0. The maximum Gasteiger partial charge on any atom is 0.408 e. The number of aromatic nitrogens is 3. The van der Waals surface area contributed by atoms with Gasteiger partial charge < -0.3 is 29.9 Å². The molecule has 12 nitrogen and oxygen atoms in total. The van der Waals surface area contributed by atoms with Crippen molar-refractivity contribution < 1.29 is 29.6 Å². The minimum absolute atomic E-state index is 0.129. The van der Waals surface area contributed by atoms with Crippen LogP contribution >= 0.6 is 11.6 Å². The van der Waals surface area contributed by atoms with Crippen LogP contribution in [-0.4, -0.2) is 109 Å². The lowest BCUT2D eigenvalue weighted by Crippen LogP contribution is -2.60. The Morgan fingerprint density at radius 3 is 2.42 bits per heavy atom. The van der Waals surface area contributed by atoms with Gasteiger partial charge in [-0.05, 0) is 44.5 Å².